The van der Waals surface area contributed by atoms with E-state index in [4.69, 9.17) is 34.8 Å². The zero-order valence-electron chi connectivity index (χ0n) is 7.31. The summed E-state index contributed by atoms with van der Waals surface area (Å²) in [7, 11) is 0. The summed E-state index contributed by atoms with van der Waals surface area (Å²) < 4.78 is 0. The van der Waals surface area contributed by atoms with Crippen LogP contribution in [0.1, 0.15) is 5.56 Å². The van der Waals surface area contributed by atoms with Crippen LogP contribution >= 0.6 is 34.8 Å². The Labute approximate surface area is 96.6 Å². The van der Waals surface area contributed by atoms with Gasteiger partial charge in [0.15, 0.2) is 0 Å². The Bertz CT molecular complexity index is 508. The lowest BCUT2D eigenvalue weighted by molar-refractivity contribution is 1.39. The molecule has 0 radical (unpaired) electrons. The predicted molar refractivity (Wildman–Crippen MR) is 61.5 cm³/mol. The van der Waals surface area contributed by atoms with E-state index in [0.29, 0.717) is 20.6 Å². The van der Waals surface area contributed by atoms with E-state index >= 15 is 0 Å². The van der Waals surface area contributed by atoms with E-state index in [9.17, 15) is 0 Å². The Hall–Kier alpha value is -0.500. The van der Waals surface area contributed by atoms with Gasteiger partial charge in [-0.15, -0.1) is 0 Å². The normalized spacial score (nSPS) is 10.9. The molecule has 0 atom stereocenters. The summed E-state index contributed by atoms with van der Waals surface area (Å²) in [5.41, 5.74) is 1.72. The average Bonchev–Trinajstić information content (AvgIpc) is 2.12. The minimum absolute atomic E-state index is 0.445. The summed E-state index contributed by atoms with van der Waals surface area (Å²) in [6.45, 7) is 1.95. The second-order valence-corrected chi connectivity index (χ2v) is 4.26. The quantitative estimate of drug-likeness (QED) is 0.667. The third kappa shape index (κ3) is 1.56. The van der Waals surface area contributed by atoms with Crippen LogP contribution < -0.4 is 0 Å². The smallest absolute Gasteiger partial charge is 0.0904 e. The zero-order valence-corrected chi connectivity index (χ0v) is 9.58. The molecule has 0 amide bonds. The van der Waals surface area contributed by atoms with E-state index in [2.05, 4.69) is 4.98 Å². The fraction of sp³-hybridized carbons (Fsp3) is 0.100. The van der Waals surface area contributed by atoms with Gasteiger partial charge in [-0.1, -0.05) is 34.8 Å². The molecule has 1 heterocycles. The molecule has 1 aromatic carbocycles. The highest BCUT2D eigenvalue weighted by Gasteiger charge is 2.08. The van der Waals surface area contributed by atoms with E-state index in [0.717, 1.165) is 10.9 Å². The van der Waals surface area contributed by atoms with Crippen LogP contribution in [0.15, 0.2) is 18.3 Å². The second-order valence-electron chi connectivity index (χ2n) is 3.06. The molecule has 0 aliphatic carbocycles. The van der Waals surface area contributed by atoms with Gasteiger partial charge in [0.25, 0.3) is 0 Å². The highest BCUT2D eigenvalue weighted by molar-refractivity contribution is 6.46. The van der Waals surface area contributed by atoms with Gasteiger partial charge in [-0.05, 0) is 24.6 Å². The third-order valence-electron chi connectivity index (χ3n) is 1.96. The van der Waals surface area contributed by atoms with Crippen LogP contribution in [0.3, 0.4) is 0 Å². The minimum atomic E-state index is 0.445. The fourth-order valence-corrected chi connectivity index (χ4v) is 2.01. The number of benzene rings is 1. The lowest BCUT2D eigenvalue weighted by Crippen LogP contribution is -1.84. The first-order chi connectivity index (χ1) is 6.59. The Morgan fingerprint density at radius 2 is 1.79 bits per heavy atom. The van der Waals surface area contributed by atoms with Crippen molar-refractivity contribution in [3.63, 3.8) is 0 Å². The summed E-state index contributed by atoms with van der Waals surface area (Å²) in [5, 5.41) is 2.34. The lowest BCUT2D eigenvalue weighted by Gasteiger charge is -2.04. The Morgan fingerprint density at radius 1 is 1.07 bits per heavy atom. The van der Waals surface area contributed by atoms with Gasteiger partial charge in [0, 0.05) is 11.6 Å². The molecule has 0 N–H and O–H groups in total. The summed E-state index contributed by atoms with van der Waals surface area (Å²) >= 11 is 17.9. The number of aryl methyl sites for hydroxylation is 1. The number of pyridine rings is 1. The molecular formula is C10H6Cl3N. The summed E-state index contributed by atoms with van der Waals surface area (Å²) in [6, 6.07) is 3.77. The van der Waals surface area contributed by atoms with Crippen molar-refractivity contribution in [2.24, 2.45) is 0 Å². The van der Waals surface area contributed by atoms with Crippen molar-refractivity contribution in [2.75, 3.05) is 0 Å². The van der Waals surface area contributed by atoms with Gasteiger partial charge < -0.3 is 0 Å². The maximum absolute atomic E-state index is 6.04. The van der Waals surface area contributed by atoms with Crippen molar-refractivity contribution in [2.45, 2.75) is 6.92 Å². The molecule has 0 saturated heterocycles. The van der Waals surface area contributed by atoms with Crippen molar-refractivity contribution in [3.8, 4) is 0 Å². The van der Waals surface area contributed by atoms with Crippen LogP contribution in [-0.4, -0.2) is 4.98 Å². The fourth-order valence-electron chi connectivity index (χ4n) is 1.34. The van der Waals surface area contributed by atoms with Crippen LogP contribution in [0.4, 0.5) is 0 Å². The summed E-state index contributed by atoms with van der Waals surface area (Å²) in [4.78, 5) is 4.13. The lowest BCUT2D eigenvalue weighted by atomic mass is 10.1. The molecule has 0 spiro atoms. The van der Waals surface area contributed by atoms with Gasteiger partial charge in [-0.2, -0.15) is 0 Å². The maximum Gasteiger partial charge on any atom is 0.0904 e. The molecular weight excluding hydrogens is 240 g/mol. The molecule has 1 aromatic heterocycles. The number of hydrogen-bond donors (Lipinski definition) is 0. The van der Waals surface area contributed by atoms with Crippen molar-refractivity contribution in [1.82, 2.24) is 4.98 Å². The van der Waals surface area contributed by atoms with E-state index in [1.807, 2.05) is 19.1 Å². The van der Waals surface area contributed by atoms with Crippen LogP contribution in [0.2, 0.25) is 15.1 Å². The van der Waals surface area contributed by atoms with Crippen molar-refractivity contribution in [1.29, 1.82) is 0 Å². The van der Waals surface area contributed by atoms with E-state index < -0.39 is 0 Å². The van der Waals surface area contributed by atoms with Crippen molar-refractivity contribution >= 4 is 45.7 Å². The number of rotatable bonds is 0. The summed E-state index contributed by atoms with van der Waals surface area (Å²) in [6.07, 6.45) is 1.51. The zero-order chi connectivity index (χ0) is 10.3. The number of nitrogens with zero attached hydrogens (tertiary/aromatic N) is 1. The number of fused-ring (bicyclic) bond motifs is 1. The van der Waals surface area contributed by atoms with E-state index in [1.54, 1.807) is 0 Å². The molecule has 0 saturated carbocycles. The molecule has 2 aromatic rings. The van der Waals surface area contributed by atoms with Gasteiger partial charge in [0.05, 0.1) is 20.6 Å². The maximum atomic E-state index is 6.04. The minimum Gasteiger partial charge on any atom is -0.253 e. The molecule has 0 bridgehead atoms. The molecule has 0 fully saturated rings. The van der Waals surface area contributed by atoms with Crippen LogP contribution in [0.25, 0.3) is 10.9 Å². The van der Waals surface area contributed by atoms with Gasteiger partial charge in [0.2, 0.25) is 0 Å². The Kier molecular flexibility index (Phi) is 2.56. The SMILES string of the molecule is Cc1cc(Cl)c2ncc(Cl)c(Cl)c2c1. The van der Waals surface area contributed by atoms with Crippen LogP contribution in [0, 0.1) is 6.92 Å². The van der Waals surface area contributed by atoms with Crippen LogP contribution in [0.5, 0.6) is 0 Å². The summed E-state index contributed by atoms with van der Waals surface area (Å²) in [5.74, 6) is 0. The highest BCUT2D eigenvalue weighted by atomic mass is 35.5. The monoisotopic (exact) mass is 245 g/mol. The molecule has 72 valence electrons. The van der Waals surface area contributed by atoms with Gasteiger partial charge in [0.1, 0.15) is 0 Å². The predicted octanol–water partition coefficient (Wildman–Crippen LogP) is 4.50. The molecule has 2 rings (SSSR count). The first kappa shape index (κ1) is 10.0. The molecule has 1 nitrogen and oxygen atoms in total. The molecule has 4 heteroatoms. The van der Waals surface area contributed by atoms with Crippen molar-refractivity contribution < 1.29 is 0 Å². The van der Waals surface area contributed by atoms with Crippen LogP contribution in [-0.2, 0) is 0 Å². The third-order valence-corrected chi connectivity index (χ3v) is 3.04. The average molecular weight is 247 g/mol. The Balaban J connectivity index is 2.95. The van der Waals surface area contributed by atoms with E-state index in [1.165, 1.54) is 6.20 Å². The number of aromatic nitrogens is 1. The highest BCUT2D eigenvalue weighted by Crippen LogP contribution is 2.33. The number of hydrogen-bond acceptors (Lipinski definition) is 1. The molecule has 0 unspecified atom stereocenters. The standard InChI is InChI=1S/C10H6Cl3N/c1-5-2-6-9(13)8(12)4-14-10(6)7(11)3-5/h2-4H,1H3. The number of halogens is 3. The largest absolute Gasteiger partial charge is 0.253 e. The van der Waals surface area contributed by atoms with Gasteiger partial charge in [-0.25, -0.2) is 0 Å². The molecule has 14 heavy (non-hydrogen) atoms. The first-order valence-corrected chi connectivity index (χ1v) is 5.13. The molecule has 0 aliphatic rings. The topological polar surface area (TPSA) is 12.9 Å². The molecule has 0 aliphatic heterocycles. The van der Waals surface area contributed by atoms with Gasteiger partial charge in [-0.3, -0.25) is 4.98 Å². The van der Waals surface area contributed by atoms with Crippen molar-refractivity contribution in [3.05, 3.63) is 39.0 Å². The van der Waals surface area contributed by atoms with Gasteiger partial charge >= 0.3 is 0 Å². The first-order valence-electron chi connectivity index (χ1n) is 3.99. The Morgan fingerprint density at radius 3 is 2.50 bits per heavy atom. The second kappa shape index (κ2) is 3.58. The van der Waals surface area contributed by atoms with E-state index in [-0.39, 0.29) is 0 Å².